The van der Waals surface area contributed by atoms with Crippen LogP contribution in [-0.4, -0.2) is 235 Å². The summed E-state index contributed by atoms with van der Waals surface area (Å²) < 4.78 is 33.5. The molecule has 1 radical (unpaired) electrons. The van der Waals surface area contributed by atoms with Crippen LogP contribution in [0.5, 0.6) is 0 Å². The molecule has 0 unspecified atom stereocenters. The second-order valence-corrected chi connectivity index (χ2v) is 18.1. The number of amides is 4. The molecule has 454 valence electrons. The van der Waals surface area contributed by atoms with E-state index in [1.165, 1.54) is 28.5 Å². The fourth-order valence-electron chi connectivity index (χ4n) is 8.83. The number of carboxylic acid groups (broad SMARTS) is 2. The van der Waals surface area contributed by atoms with Crippen molar-refractivity contribution >= 4 is 108 Å². The summed E-state index contributed by atoms with van der Waals surface area (Å²) in [5, 5.41) is 60.8. The van der Waals surface area contributed by atoms with Gasteiger partial charge >= 0.3 is 69.4 Å². The Morgan fingerprint density at radius 1 is 0.671 bits per heavy atom. The van der Waals surface area contributed by atoms with E-state index in [0.29, 0.717) is 68.4 Å². The number of carbonyl (C=O) groups is 6. The van der Waals surface area contributed by atoms with Crippen molar-refractivity contribution in [3.8, 4) is 0 Å². The average molecular weight is 1440 g/mol. The molecule has 0 spiro atoms. The van der Waals surface area contributed by atoms with Crippen molar-refractivity contribution in [2.45, 2.75) is 110 Å². The molecule has 0 bridgehead atoms. The van der Waals surface area contributed by atoms with Gasteiger partial charge in [-0.2, -0.15) is 0 Å². The van der Waals surface area contributed by atoms with Gasteiger partial charge in [0.2, 0.25) is 5.91 Å². The van der Waals surface area contributed by atoms with Crippen LogP contribution in [0.2, 0.25) is 25.5 Å². The summed E-state index contributed by atoms with van der Waals surface area (Å²) in [6, 6.07) is 10.9. The van der Waals surface area contributed by atoms with Gasteiger partial charge in [-0.05, 0) is 80.4 Å². The van der Waals surface area contributed by atoms with Crippen LogP contribution in [0.25, 0.3) is 0 Å². The number of carboxylic acids is 2. The number of ether oxygens (including phenoxy) is 5. The summed E-state index contributed by atoms with van der Waals surface area (Å²) >= 11 is 9.75. The van der Waals surface area contributed by atoms with E-state index >= 15 is 0 Å². The number of anilines is 3. The molecule has 4 amide bonds. The van der Waals surface area contributed by atoms with Crippen LogP contribution in [-0.2, 0) is 94.3 Å². The molecule has 79 heavy (non-hydrogen) atoms. The number of aliphatic hydroxyl groups excluding tert-OH is 1. The number of esters is 1. The van der Waals surface area contributed by atoms with Crippen LogP contribution in [0.3, 0.4) is 0 Å². The first-order chi connectivity index (χ1) is 36.1. The van der Waals surface area contributed by atoms with Gasteiger partial charge in [-0.15, -0.1) is 0 Å². The summed E-state index contributed by atoms with van der Waals surface area (Å²) in [6.07, 6.45) is 0.624. The number of carbonyl (C=O) groups excluding carboxylic acids is 4. The first-order valence-corrected chi connectivity index (χ1v) is 27.0. The number of hydrogen-bond acceptors (Lipinski definition) is 19. The van der Waals surface area contributed by atoms with Crippen molar-refractivity contribution in [2.75, 3.05) is 94.8 Å². The molecule has 5 aliphatic rings. The predicted octanol–water partition coefficient (Wildman–Crippen LogP) is 2.41. The number of aliphatic hydroxyl groups is 1. The Labute approximate surface area is 511 Å². The quantitative estimate of drug-likeness (QED) is 0.0618. The second-order valence-electron chi connectivity index (χ2n) is 17.6. The van der Waals surface area contributed by atoms with Crippen molar-refractivity contribution in [2.24, 2.45) is 0 Å². The molecule has 7 rings (SSSR count). The Hall–Kier alpha value is -2.88. The number of urea groups is 1. The molecule has 8 atom stereocenters. The average Bonchev–Trinajstić information content (AvgIpc) is 4.24. The molecular formula is C47H78Ag2B3ClIN7O18. The molecular weight excluding hydrogens is 1360 g/mol. The molecule has 0 saturated carbocycles. The van der Waals surface area contributed by atoms with Crippen molar-refractivity contribution in [3.63, 3.8) is 0 Å². The van der Waals surface area contributed by atoms with Crippen LogP contribution < -0.4 is 15.5 Å². The maximum absolute atomic E-state index is 13.0. The predicted molar refractivity (Wildman–Crippen MR) is 300 cm³/mol. The Kier molecular flexibility index (Phi) is 39.9. The topological polar surface area (TPSA) is 327 Å². The number of nitrogens with zero attached hydrogens (tertiary/aromatic N) is 5. The van der Waals surface area contributed by atoms with Crippen LogP contribution in [0.1, 0.15) is 40.5 Å². The molecule has 5 aliphatic heterocycles. The van der Waals surface area contributed by atoms with E-state index < -0.39 is 63.4 Å². The van der Waals surface area contributed by atoms with Gasteiger partial charge < -0.3 is 88.9 Å². The molecule has 0 aliphatic carbocycles. The molecule has 0 aromatic heterocycles. The number of rotatable bonds is 13. The third kappa shape index (κ3) is 24.5. The SMILES string of the molecule is C.C.CB(O)N1C[C@H](O)C[C@@H]1C(=O)O.CI.COC(=O)[C@H]1C[C@@H](OC)CN1B(C)O.CO[C@@H]1C[C@H](C(=O)Nc2ccc(N3CCOCC3=O)cc2)N(C(=O)Nc2ccc(Cl)cc2)C1.CO[C@@H]1C[C@H](C(=O)O)N(B(C)O)C1.[Ag].[O]=[Ag]. The first-order valence-electron chi connectivity index (χ1n) is 23.9. The van der Waals surface area contributed by atoms with E-state index in [1.807, 2.05) is 4.93 Å². The molecule has 2 aromatic rings. The molecule has 5 fully saturated rings. The fraction of sp³-hybridized carbons (Fsp3) is 0.617. The number of aliphatic carboxylic acids is 2. The van der Waals surface area contributed by atoms with Crippen molar-refractivity contribution in [3.05, 3.63) is 53.6 Å². The van der Waals surface area contributed by atoms with Crippen LogP contribution in [0, 0.1) is 0 Å². The molecule has 5 heterocycles. The van der Waals surface area contributed by atoms with Crippen LogP contribution in [0.15, 0.2) is 48.5 Å². The van der Waals surface area contributed by atoms with Crippen molar-refractivity contribution in [1.82, 2.24) is 19.3 Å². The number of benzene rings is 2. The molecule has 32 heteroatoms. The van der Waals surface area contributed by atoms with Gasteiger partial charge in [-0.1, -0.05) is 49.0 Å². The van der Waals surface area contributed by atoms with E-state index in [-0.39, 0.29) is 98.9 Å². The van der Waals surface area contributed by atoms with Gasteiger partial charge in [-0.3, -0.25) is 24.0 Å². The minimum absolute atomic E-state index is 0. The second kappa shape index (κ2) is 40.4. The van der Waals surface area contributed by atoms with Gasteiger partial charge in [0, 0.05) is 118 Å². The zero-order valence-electron chi connectivity index (χ0n) is 43.9. The molecule has 8 N–H and O–H groups in total. The maximum atomic E-state index is 13.0. The number of alkyl halides is 1. The molecule has 25 nitrogen and oxygen atoms in total. The summed E-state index contributed by atoms with van der Waals surface area (Å²) in [7, 11) is 3.86. The minimum atomic E-state index is -0.993. The standard InChI is InChI=1S/C23H25ClN4O5.C8H16BNO4.C7H14BNO4.C6H12BNO4.CH3I.2CH4.2Ag.O/c1-32-19-12-20(28(13-19)23(31)26-17-4-2-15(24)3-5-17)22(30)25-16-6-8-18(9-7-16)27-10-11-33-14-21(27)29;1-9(12)10-5-6(13-2)4-7(10)8(11)14-3;1-8(12)9-4-5(13-2)3-6(9)7(10)11;1-7(12)8-3-4(9)2-5(8)6(10)11;1-2;;;;;/h2-9,19-20H,10-14H2,1H3,(H,25,30)(H,26,31);6-7,12H,4-5H2,1-3H3;5-6,12H,3-4H2,1-2H3,(H,10,11);4-5,9,12H,2-3H2,1H3,(H,10,11);1H3;2*1H4;;;/t19-,20-;6-,7-;5-,6-;4-,5-;;;;;;/m1111....../s1. The van der Waals surface area contributed by atoms with Crippen LogP contribution in [0.4, 0.5) is 21.9 Å². The fourth-order valence-corrected chi connectivity index (χ4v) is 8.95. The Morgan fingerprint density at radius 2 is 1.09 bits per heavy atom. The van der Waals surface area contributed by atoms with Crippen molar-refractivity contribution < 1.29 is 130 Å². The van der Waals surface area contributed by atoms with Crippen LogP contribution >= 0.6 is 34.2 Å². The number of methoxy groups -OCH3 is 4. The van der Waals surface area contributed by atoms with E-state index in [2.05, 4.69) is 38.0 Å². The summed E-state index contributed by atoms with van der Waals surface area (Å²) in [6.45, 7) is 7.30. The van der Waals surface area contributed by atoms with E-state index in [4.69, 9.17) is 54.1 Å². The van der Waals surface area contributed by atoms with Gasteiger partial charge in [-0.25, -0.2) is 4.79 Å². The number of halogens is 2. The number of likely N-dealkylation sites (tertiary alicyclic amines) is 1. The van der Waals surface area contributed by atoms with E-state index in [0.717, 1.165) is 5.69 Å². The Morgan fingerprint density at radius 3 is 1.52 bits per heavy atom. The third-order valence-electron chi connectivity index (χ3n) is 12.8. The zero-order valence-corrected chi connectivity index (χ0v) is 49.8. The monoisotopic (exact) mass is 1440 g/mol. The van der Waals surface area contributed by atoms with Gasteiger partial charge in [0.1, 0.15) is 30.8 Å². The number of hydrogen-bond donors (Lipinski definition) is 8. The molecule has 2 aromatic carbocycles. The Bertz CT molecular complexity index is 2150. The third-order valence-corrected chi connectivity index (χ3v) is 13.0. The molecule has 5 saturated heterocycles. The van der Waals surface area contributed by atoms with Gasteiger partial charge in [0.25, 0.3) is 5.91 Å². The Balaban J connectivity index is 0. The van der Waals surface area contributed by atoms with E-state index in [1.54, 1.807) is 114 Å². The zero-order chi connectivity index (χ0) is 57.4. The van der Waals surface area contributed by atoms with Crippen molar-refractivity contribution in [1.29, 1.82) is 0 Å². The van der Waals surface area contributed by atoms with Gasteiger partial charge in [0.15, 0.2) is 0 Å². The van der Waals surface area contributed by atoms with Gasteiger partial charge in [0.05, 0.1) is 38.1 Å². The summed E-state index contributed by atoms with van der Waals surface area (Å²) in [5.74, 6) is -2.62. The summed E-state index contributed by atoms with van der Waals surface area (Å²) in [4.78, 5) is 80.3. The number of β-amino-alcohol motifs (C(OH)–C–C–N with tert-alkyl or cyclic N) is 1. The van der Waals surface area contributed by atoms with E-state index in [9.17, 15) is 38.8 Å². The normalized spacial score (nSPS) is 23.1. The first kappa shape index (κ1) is 78.2. The number of nitrogens with one attached hydrogen (secondary N) is 2. The number of morpholine rings is 1. The summed E-state index contributed by atoms with van der Waals surface area (Å²) in [5.41, 5.74) is 1.90.